The van der Waals surface area contributed by atoms with Crippen LogP contribution < -0.4 is 4.74 Å². The van der Waals surface area contributed by atoms with Gasteiger partial charge in [-0.1, -0.05) is 15.9 Å². The minimum absolute atomic E-state index is 0.227. The zero-order chi connectivity index (χ0) is 14.9. The van der Waals surface area contributed by atoms with Gasteiger partial charge in [-0.3, -0.25) is 4.79 Å². The maximum atomic E-state index is 13.1. The summed E-state index contributed by atoms with van der Waals surface area (Å²) in [5, 5.41) is 0. The Labute approximate surface area is 133 Å². The van der Waals surface area contributed by atoms with Crippen molar-refractivity contribution in [2.24, 2.45) is 0 Å². The second-order valence-electron chi connectivity index (χ2n) is 4.25. The molecular weight excluding hydrogens is 391 g/mol. The third-order valence-corrected chi connectivity index (χ3v) is 4.41. The summed E-state index contributed by atoms with van der Waals surface area (Å²) in [6, 6.07) is 7.48. The molecule has 0 amide bonds. The van der Waals surface area contributed by atoms with Crippen molar-refractivity contribution in [1.82, 2.24) is 0 Å². The summed E-state index contributed by atoms with van der Waals surface area (Å²) < 4.78 is 19.6. The molecule has 5 heteroatoms. The van der Waals surface area contributed by atoms with E-state index < -0.39 is 5.82 Å². The van der Waals surface area contributed by atoms with Gasteiger partial charge in [0.25, 0.3) is 0 Å². The van der Waals surface area contributed by atoms with Gasteiger partial charge in [-0.15, -0.1) is 0 Å². The lowest BCUT2D eigenvalue weighted by atomic mass is 10.0. The van der Waals surface area contributed by atoms with Crippen LogP contribution in [-0.2, 0) is 0 Å². The molecule has 0 radical (unpaired) electrons. The monoisotopic (exact) mass is 400 g/mol. The number of ether oxygens (including phenoxy) is 1. The van der Waals surface area contributed by atoms with E-state index in [-0.39, 0.29) is 5.78 Å². The molecule has 0 aliphatic rings. The van der Waals surface area contributed by atoms with Crippen molar-refractivity contribution in [2.75, 3.05) is 7.11 Å². The average molecular weight is 402 g/mol. The topological polar surface area (TPSA) is 26.3 Å². The maximum Gasteiger partial charge on any atom is 0.197 e. The fraction of sp³-hybridized carbons (Fsp3) is 0.133. The molecule has 0 unspecified atom stereocenters. The Kier molecular flexibility index (Phi) is 4.60. The summed E-state index contributed by atoms with van der Waals surface area (Å²) in [4.78, 5) is 12.6. The standard InChI is InChI=1S/C15H11Br2FO2/c1-8-5-14(20-2)11(7-12(8)16)15(19)10-4-3-9(18)6-13(10)17/h3-7H,1-2H3. The third kappa shape index (κ3) is 2.94. The molecule has 0 saturated heterocycles. The number of halogens is 3. The fourth-order valence-corrected chi connectivity index (χ4v) is 2.69. The van der Waals surface area contributed by atoms with E-state index >= 15 is 0 Å². The van der Waals surface area contributed by atoms with Crippen LogP contribution in [0.2, 0.25) is 0 Å². The molecule has 0 aliphatic carbocycles. The molecule has 20 heavy (non-hydrogen) atoms. The number of benzene rings is 2. The minimum Gasteiger partial charge on any atom is -0.496 e. The van der Waals surface area contributed by atoms with Gasteiger partial charge >= 0.3 is 0 Å². The molecule has 0 spiro atoms. The molecule has 2 nitrogen and oxygen atoms in total. The number of hydrogen-bond acceptors (Lipinski definition) is 2. The SMILES string of the molecule is COc1cc(C)c(Br)cc1C(=O)c1ccc(F)cc1Br. The molecule has 2 aromatic carbocycles. The van der Waals surface area contributed by atoms with Crippen molar-refractivity contribution in [2.45, 2.75) is 6.92 Å². The van der Waals surface area contributed by atoms with Crippen LogP contribution in [0.4, 0.5) is 4.39 Å². The molecule has 0 bridgehead atoms. The summed E-state index contributed by atoms with van der Waals surface area (Å²) in [5.41, 5.74) is 1.79. The molecule has 2 rings (SSSR count). The Morgan fingerprint density at radius 3 is 2.40 bits per heavy atom. The van der Waals surface area contributed by atoms with Crippen molar-refractivity contribution in [3.63, 3.8) is 0 Å². The molecule has 0 heterocycles. The molecule has 0 fully saturated rings. The highest BCUT2D eigenvalue weighted by Gasteiger charge is 2.18. The molecular formula is C15H11Br2FO2. The van der Waals surface area contributed by atoms with E-state index in [1.54, 1.807) is 12.1 Å². The molecule has 0 aliphatic heterocycles. The van der Waals surface area contributed by atoms with Crippen LogP contribution in [0, 0.1) is 12.7 Å². The first-order chi connectivity index (χ1) is 9.43. The molecule has 104 valence electrons. The molecule has 0 N–H and O–H groups in total. The summed E-state index contributed by atoms with van der Waals surface area (Å²) in [6.45, 7) is 1.91. The predicted octanol–water partition coefficient (Wildman–Crippen LogP) is 4.90. The van der Waals surface area contributed by atoms with E-state index in [1.807, 2.05) is 6.92 Å². The zero-order valence-corrected chi connectivity index (χ0v) is 14.0. The number of aryl methyl sites for hydroxylation is 1. The Hall–Kier alpha value is -1.20. The number of methoxy groups -OCH3 is 1. The van der Waals surface area contributed by atoms with E-state index in [0.29, 0.717) is 21.3 Å². The van der Waals surface area contributed by atoms with E-state index in [9.17, 15) is 9.18 Å². The third-order valence-electron chi connectivity index (χ3n) is 2.90. The van der Waals surface area contributed by atoms with Crippen LogP contribution in [0.3, 0.4) is 0 Å². The Balaban J connectivity index is 2.55. The lowest BCUT2D eigenvalue weighted by molar-refractivity contribution is 0.103. The van der Waals surface area contributed by atoms with Crippen LogP contribution in [0.25, 0.3) is 0 Å². The van der Waals surface area contributed by atoms with Crippen molar-refractivity contribution in [1.29, 1.82) is 0 Å². The maximum absolute atomic E-state index is 13.1. The smallest absolute Gasteiger partial charge is 0.197 e. The molecule has 0 aromatic heterocycles. The van der Waals surface area contributed by atoms with Gasteiger partial charge in [0.1, 0.15) is 11.6 Å². The first-order valence-corrected chi connectivity index (χ1v) is 7.36. The lowest BCUT2D eigenvalue weighted by Gasteiger charge is -2.11. The Bertz CT molecular complexity index is 684. The highest BCUT2D eigenvalue weighted by molar-refractivity contribution is 9.10. The molecule has 0 atom stereocenters. The Morgan fingerprint density at radius 1 is 1.10 bits per heavy atom. The summed E-state index contributed by atoms with van der Waals surface area (Å²) in [7, 11) is 1.51. The number of ketones is 1. The van der Waals surface area contributed by atoms with Crippen molar-refractivity contribution in [3.8, 4) is 5.75 Å². The van der Waals surface area contributed by atoms with E-state index in [4.69, 9.17) is 4.74 Å². The van der Waals surface area contributed by atoms with Crippen molar-refractivity contribution >= 4 is 37.6 Å². The van der Waals surface area contributed by atoms with Gasteiger partial charge in [-0.25, -0.2) is 4.39 Å². The number of hydrogen-bond donors (Lipinski definition) is 0. The van der Waals surface area contributed by atoms with Crippen LogP contribution in [0.15, 0.2) is 39.3 Å². The fourth-order valence-electron chi connectivity index (χ4n) is 1.82. The van der Waals surface area contributed by atoms with Crippen LogP contribution in [-0.4, -0.2) is 12.9 Å². The molecule has 0 saturated carbocycles. The predicted molar refractivity (Wildman–Crippen MR) is 83.0 cm³/mol. The summed E-state index contributed by atoms with van der Waals surface area (Å²) in [6.07, 6.45) is 0. The Morgan fingerprint density at radius 2 is 1.80 bits per heavy atom. The minimum atomic E-state index is -0.398. The van der Waals surface area contributed by atoms with Gasteiger partial charge in [0, 0.05) is 14.5 Å². The highest BCUT2D eigenvalue weighted by atomic mass is 79.9. The largest absolute Gasteiger partial charge is 0.496 e. The quantitative estimate of drug-likeness (QED) is 0.683. The van der Waals surface area contributed by atoms with Crippen LogP contribution in [0.1, 0.15) is 21.5 Å². The summed E-state index contributed by atoms with van der Waals surface area (Å²) >= 11 is 6.61. The van der Waals surface area contributed by atoms with Gasteiger partial charge in [-0.05, 0) is 58.7 Å². The first-order valence-electron chi connectivity index (χ1n) is 5.78. The van der Waals surface area contributed by atoms with Gasteiger partial charge in [-0.2, -0.15) is 0 Å². The van der Waals surface area contributed by atoms with Gasteiger partial charge in [0.05, 0.1) is 12.7 Å². The van der Waals surface area contributed by atoms with Crippen molar-refractivity contribution < 1.29 is 13.9 Å². The number of rotatable bonds is 3. The zero-order valence-electron chi connectivity index (χ0n) is 10.8. The van der Waals surface area contributed by atoms with Gasteiger partial charge in [0.15, 0.2) is 5.78 Å². The lowest BCUT2D eigenvalue weighted by Crippen LogP contribution is -2.06. The average Bonchev–Trinajstić information content (AvgIpc) is 2.40. The van der Waals surface area contributed by atoms with Crippen molar-refractivity contribution in [3.05, 3.63) is 61.8 Å². The van der Waals surface area contributed by atoms with E-state index in [2.05, 4.69) is 31.9 Å². The number of carbonyl (C=O) groups is 1. The summed E-state index contributed by atoms with van der Waals surface area (Å²) in [5.74, 6) is -0.133. The second-order valence-corrected chi connectivity index (χ2v) is 5.96. The number of carbonyl (C=O) groups excluding carboxylic acids is 1. The first kappa shape index (κ1) is 15.2. The van der Waals surface area contributed by atoms with E-state index in [1.165, 1.54) is 25.3 Å². The van der Waals surface area contributed by atoms with E-state index in [0.717, 1.165) is 10.0 Å². The van der Waals surface area contributed by atoms with Crippen LogP contribution >= 0.6 is 31.9 Å². The molecule has 2 aromatic rings. The van der Waals surface area contributed by atoms with Gasteiger partial charge in [0.2, 0.25) is 0 Å². The van der Waals surface area contributed by atoms with Crippen LogP contribution in [0.5, 0.6) is 5.75 Å². The second kappa shape index (κ2) is 6.06. The highest BCUT2D eigenvalue weighted by Crippen LogP contribution is 2.30. The van der Waals surface area contributed by atoms with Gasteiger partial charge < -0.3 is 4.74 Å². The normalized spacial score (nSPS) is 10.4.